The van der Waals surface area contributed by atoms with E-state index in [1.165, 1.54) is 0 Å². The molecule has 0 aliphatic carbocycles. The fourth-order valence-corrected chi connectivity index (χ4v) is 1.37. The van der Waals surface area contributed by atoms with Gasteiger partial charge in [-0.1, -0.05) is 0 Å². The van der Waals surface area contributed by atoms with Crippen molar-refractivity contribution in [2.24, 2.45) is 0 Å². The summed E-state index contributed by atoms with van der Waals surface area (Å²) in [7, 11) is 0. The Kier molecular flexibility index (Phi) is 2.10. The van der Waals surface area contributed by atoms with Gasteiger partial charge >= 0.3 is 0 Å². The molecule has 1 aliphatic heterocycles. The smallest absolute Gasteiger partial charge is 0.132 e. The van der Waals surface area contributed by atoms with Gasteiger partial charge in [-0.15, -0.1) is 0 Å². The van der Waals surface area contributed by atoms with Gasteiger partial charge < -0.3 is 0 Å². The molecule has 62 valence electrons. The lowest BCUT2D eigenvalue weighted by molar-refractivity contribution is 0.0457. The summed E-state index contributed by atoms with van der Waals surface area (Å²) in [6.07, 6.45) is 5.44. The summed E-state index contributed by atoms with van der Waals surface area (Å²) in [4.78, 5) is 9.16. The van der Waals surface area contributed by atoms with E-state index in [0.29, 0.717) is 0 Å². The highest BCUT2D eigenvalue weighted by molar-refractivity contribution is 9.11. The predicted octanol–water partition coefficient (Wildman–Crippen LogP) is 1.89. The zero-order valence-corrected chi connectivity index (χ0v) is 7.78. The normalized spacial score (nSPS) is 21.8. The van der Waals surface area contributed by atoms with Gasteiger partial charge in [0.2, 0.25) is 0 Å². The molecular weight excluding hydrogens is 220 g/mol. The van der Waals surface area contributed by atoms with Crippen LogP contribution in [-0.2, 0) is 4.84 Å². The number of rotatable bonds is 1. The van der Waals surface area contributed by atoms with Gasteiger partial charge in [0.1, 0.15) is 10.7 Å². The lowest BCUT2D eigenvalue weighted by atomic mass is 10.1. The van der Waals surface area contributed by atoms with Crippen molar-refractivity contribution in [2.75, 3.05) is 0 Å². The van der Waals surface area contributed by atoms with Gasteiger partial charge in [0.05, 0.1) is 0 Å². The first-order valence-corrected chi connectivity index (χ1v) is 4.34. The summed E-state index contributed by atoms with van der Waals surface area (Å²) in [6, 6.07) is 3.85. The number of pyridine rings is 1. The fraction of sp³-hybridized carbons (Fsp3) is 0.125. The molecule has 4 heteroatoms. The van der Waals surface area contributed by atoms with Crippen LogP contribution in [0.5, 0.6) is 0 Å². The second kappa shape index (κ2) is 3.25. The monoisotopic (exact) mass is 226 g/mol. The van der Waals surface area contributed by atoms with Gasteiger partial charge in [0, 0.05) is 12.4 Å². The van der Waals surface area contributed by atoms with E-state index in [2.05, 4.69) is 26.4 Å². The largest absolute Gasteiger partial charge is 0.265 e. The average Bonchev–Trinajstić information content (AvgIpc) is 2.54. The maximum Gasteiger partial charge on any atom is 0.132 e. The minimum atomic E-state index is -0.0117. The molecule has 12 heavy (non-hydrogen) atoms. The molecule has 0 radical (unpaired) electrons. The third-order valence-electron chi connectivity index (χ3n) is 1.62. The van der Waals surface area contributed by atoms with Crippen LogP contribution in [0.2, 0.25) is 0 Å². The Labute approximate surface area is 78.5 Å². The van der Waals surface area contributed by atoms with E-state index in [9.17, 15) is 0 Å². The molecule has 2 rings (SSSR count). The first-order chi connectivity index (χ1) is 5.86. The minimum absolute atomic E-state index is 0.0117. The van der Waals surface area contributed by atoms with Crippen LogP contribution in [-0.4, -0.2) is 4.98 Å². The van der Waals surface area contributed by atoms with Crippen molar-refractivity contribution in [1.82, 2.24) is 10.5 Å². The molecule has 0 amide bonds. The Morgan fingerprint density at radius 1 is 1.42 bits per heavy atom. The second-order valence-corrected chi connectivity index (χ2v) is 3.29. The lowest BCUT2D eigenvalue weighted by Crippen LogP contribution is -2.05. The number of hydrogen-bond acceptors (Lipinski definition) is 3. The van der Waals surface area contributed by atoms with Crippen molar-refractivity contribution >= 4 is 15.9 Å². The molecule has 0 saturated carbocycles. The number of halogens is 1. The zero-order valence-electron chi connectivity index (χ0n) is 6.20. The van der Waals surface area contributed by atoms with E-state index in [1.807, 2.05) is 18.2 Å². The van der Waals surface area contributed by atoms with E-state index in [0.717, 1.165) is 10.2 Å². The topological polar surface area (TPSA) is 34.1 Å². The SMILES string of the molecule is BrC1=C[C@H](c2ccncc2)ON1. The van der Waals surface area contributed by atoms with Crippen LogP contribution in [0.25, 0.3) is 0 Å². The molecule has 0 spiro atoms. The Morgan fingerprint density at radius 3 is 2.75 bits per heavy atom. The molecule has 0 aromatic carbocycles. The molecule has 1 N–H and O–H groups in total. The molecule has 0 fully saturated rings. The van der Waals surface area contributed by atoms with Crippen LogP contribution in [0.15, 0.2) is 35.2 Å². The van der Waals surface area contributed by atoms with Gasteiger partial charge in [-0.2, -0.15) is 0 Å². The van der Waals surface area contributed by atoms with E-state index in [-0.39, 0.29) is 6.10 Å². The molecular formula is C8H7BrN2O. The van der Waals surface area contributed by atoms with Crippen molar-refractivity contribution in [3.05, 3.63) is 40.8 Å². The van der Waals surface area contributed by atoms with Crippen LogP contribution < -0.4 is 5.48 Å². The first kappa shape index (κ1) is 7.76. The lowest BCUT2D eigenvalue weighted by Gasteiger charge is -2.05. The Hall–Kier alpha value is -0.870. The van der Waals surface area contributed by atoms with Gasteiger partial charge in [0.15, 0.2) is 0 Å². The van der Waals surface area contributed by atoms with Gasteiger partial charge in [-0.3, -0.25) is 15.3 Å². The molecule has 0 bridgehead atoms. The fourth-order valence-electron chi connectivity index (χ4n) is 1.04. The summed E-state index contributed by atoms with van der Waals surface area (Å²) in [6.45, 7) is 0. The number of nitrogens with one attached hydrogen (secondary N) is 1. The van der Waals surface area contributed by atoms with Crippen molar-refractivity contribution in [1.29, 1.82) is 0 Å². The van der Waals surface area contributed by atoms with Crippen LogP contribution in [0.4, 0.5) is 0 Å². The maximum atomic E-state index is 5.23. The maximum absolute atomic E-state index is 5.23. The number of aromatic nitrogens is 1. The van der Waals surface area contributed by atoms with E-state index in [1.54, 1.807) is 12.4 Å². The summed E-state index contributed by atoms with van der Waals surface area (Å²) >= 11 is 3.29. The summed E-state index contributed by atoms with van der Waals surface area (Å²) in [5.41, 5.74) is 3.82. The average molecular weight is 227 g/mol. The summed E-state index contributed by atoms with van der Waals surface area (Å²) in [5.74, 6) is 0. The molecule has 1 atom stereocenters. The third-order valence-corrected chi connectivity index (χ3v) is 2.04. The van der Waals surface area contributed by atoms with Gasteiger partial charge in [-0.05, 0) is 39.7 Å². The van der Waals surface area contributed by atoms with Gasteiger partial charge in [-0.25, -0.2) is 0 Å². The number of hydroxylamine groups is 1. The quantitative estimate of drug-likeness (QED) is 0.744. The Balaban J connectivity index is 2.22. The van der Waals surface area contributed by atoms with Crippen LogP contribution in [0, 0.1) is 0 Å². The standard InChI is InChI=1S/C8H7BrN2O/c9-8-5-7(12-11-8)6-1-3-10-4-2-6/h1-5,7,11H/t7-/m1/s1. The number of nitrogens with zero attached hydrogens (tertiary/aromatic N) is 1. The van der Waals surface area contributed by atoms with Crippen molar-refractivity contribution in [3.8, 4) is 0 Å². The summed E-state index contributed by atoms with van der Waals surface area (Å²) < 4.78 is 0.865. The second-order valence-electron chi connectivity index (χ2n) is 2.44. The molecule has 3 nitrogen and oxygen atoms in total. The molecule has 1 aliphatic rings. The van der Waals surface area contributed by atoms with Crippen molar-refractivity contribution < 1.29 is 4.84 Å². The molecule has 1 aromatic heterocycles. The van der Waals surface area contributed by atoms with Crippen molar-refractivity contribution in [2.45, 2.75) is 6.10 Å². The highest BCUT2D eigenvalue weighted by atomic mass is 79.9. The Morgan fingerprint density at radius 2 is 2.17 bits per heavy atom. The Bertz CT molecular complexity index is 299. The van der Waals surface area contributed by atoms with E-state index >= 15 is 0 Å². The minimum Gasteiger partial charge on any atom is -0.265 e. The van der Waals surface area contributed by atoms with Crippen LogP contribution in [0.3, 0.4) is 0 Å². The number of hydrogen-bond donors (Lipinski definition) is 1. The highest BCUT2D eigenvalue weighted by Crippen LogP contribution is 2.24. The zero-order chi connectivity index (χ0) is 8.39. The molecule has 0 saturated heterocycles. The summed E-state index contributed by atoms with van der Waals surface area (Å²) in [5, 5.41) is 0. The van der Waals surface area contributed by atoms with Crippen LogP contribution >= 0.6 is 15.9 Å². The molecule has 1 aromatic rings. The van der Waals surface area contributed by atoms with E-state index < -0.39 is 0 Å². The third kappa shape index (κ3) is 1.49. The van der Waals surface area contributed by atoms with Gasteiger partial charge in [0.25, 0.3) is 0 Å². The van der Waals surface area contributed by atoms with E-state index in [4.69, 9.17) is 4.84 Å². The van der Waals surface area contributed by atoms with Crippen LogP contribution in [0.1, 0.15) is 11.7 Å². The van der Waals surface area contributed by atoms with Crippen molar-refractivity contribution in [3.63, 3.8) is 0 Å². The predicted molar refractivity (Wildman–Crippen MR) is 48.2 cm³/mol. The molecule has 2 heterocycles. The molecule has 0 unspecified atom stereocenters. The highest BCUT2D eigenvalue weighted by Gasteiger charge is 2.15. The first-order valence-electron chi connectivity index (χ1n) is 3.55.